The topological polar surface area (TPSA) is 25.2 Å². The van der Waals surface area contributed by atoms with Gasteiger partial charge in [-0.3, -0.25) is 0 Å². The van der Waals surface area contributed by atoms with Gasteiger partial charge in [0.1, 0.15) is 0 Å². The average molecular weight is 320 g/mol. The number of benzene rings is 1. The minimum absolute atomic E-state index is 0.0336. The van der Waals surface area contributed by atoms with Crippen LogP contribution in [-0.2, 0) is 18.4 Å². The molecular weight excluding hydrogens is 302 g/mol. The van der Waals surface area contributed by atoms with Crippen LogP contribution in [0.5, 0.6) is 0 Å². The summed E-state index contributed by atoms with van der Waals surface area (Å²) in [6.07, 6.45) is 8.21. The number of halogens is 1. The molecule has 3 heteroatoms. The first-order chi connectivity index (χ1) is 9.23. The predicted octanol–water partition coefficient (Wildman–Crippen LogP) is 3.76. The summed E-state index contributed by atoms with van der Waals surface area (Å²) >= 11 is 3.65. The van der Waals surface area contributed by atoms with Gasteiger partial charge >= 0.3 is 0 Å². The van der Waals surface area contributed by atoms with Crippen LogP contribution in [0.1, 0.15) is 36.8 Å². The first-order valence-electron chi connectivity index (χ1n) is 7.16. The van der Waals surface area contributed by atoms with Crippen LogP contribution < -0.4 is 0 Å². The van der Waals surface area contributed by atoms with E-state index in [2.05, 4.69) is 38.8 Å². The summed E-state index contributed by atoms with van der Waals surface area (Å²) in [6.45, 7) is 1.40. The number of aliphatic hydroxyl groups excluding tert-OH is 1. The Morgan fingerprint density at radius 1 is 1.26 bits per heavy atom. The molecule has 2 heterocycles. The highest BCUT2D eigenvalue weighted by Crippen LogP contribution is 2.47. The smallest absolute Gasteiger partial charge is 0.0528 e. The maximum Gasteiger partial charge on any atom is 0.0528 e. The lowest BCUT2D eigenvalue weighted by Crippen LogP contribution is -2.37. The number of hydrogen-bond donors (Lipinski definition) is 1. The molecule has 1 aliphatic heterocycles. The lowest BCUT2D eigenvalue weighted by Gasteiger charge is -2.40. The van der Waals surface area contributed by atoms with E-state index in [1.165, 1.54) is 45.8 Å². The van der Waals surface area contributed by atoms with Gasteiger partial charge in [-0.05, 0) is 48.9 Å². The van der Waals surface area contributed by atoms with Crippen molar-refractivity contribution >= 4 is 26.8 Å². The zero-order chi connectivity index (χ0) is 13.0. The molecule has 4 rings (SSSR count). The lowest BCUT2D eigenvalue weighted by molar-refractivity contribution is 0.121. The highest BCUT2D eigenvalue weighted by atomic mass is 79.9. The fourth-order valence-electron chi connectivity index (χ4n) is 3.84. The standard InChI is InChI=1S/C16H18BrNO/c17-12-7-11-3-1-6-18-9-14(13(8-12)15(11)18)16(10-19)4-2-5-16/h7-9,19H,1-6,10H2. The molecule has 2 aliphatic rings. The van der Waals surface area contributed by atoms with Crippen molar-refractivity contribution < 1.29 is 5.11 Å². The van der Waals surface area contributed by atoms with Crippen LogP contribution in [0, 0.1) is 0 Å². The quantitative estimate of drug-likeness (QED) is 0.895. The van der Waals surface area contributed by atoms with Crippen LogP contribution in [-0.4, -0.2) is 16.3 Å². The van der Waals surface area contributed by atoms with E-state index < -0.39 is 0 Å². The van der Waals surface area contributed by atoms with Crippen LogP contribution in [0.25, 0.3) is 10.9 Å². The maximum atomic E-state index is 9.86. The van der Waals surface area contributed by atoms with Gasteiger partial charge in [-0.15, -0.1) is 0 Å². The second-order valence-electron chi connectivity index (χ2n) is 6.09. The molecule has 1 aliphatic carbocycles. The summed E-state index contributed by atoms with van der Waals surface area (Å²) in [5.41, 5.74) is 4.27. The van der Waals surface area contributed by atoms with Gasteiger partial charge in [-0.1, -0.05) is 22.4 Å². The molecule has 19 heavy (non-hydrogen) atoms. The summed E-state index contributed by atoms with van der Waals surface area (Å²) in [4.78, 5) is 0. The molecule has 1 saturated carbocycles. The third-order valence-electron chi connectivity index (χ3n) is 5.05. The first kappa shape index (κ1) is 12.0. The number of nitrogens with zero attached hydrogens (tertiary/aromatic N) is 1. The normalized spacial score (nSPS) is 20.5. The van der Waals surface area contributed by atoms with Crippen molar-refractivity contribution in [2.75, 3.05) is 6.61 Å². The molecule has 0 bridgehead atoms. The van der Waals surface area contributed by atoms with Crippen molar-refractivity contribution in [2.45, 2.75) is 44.1 Å². The Bertz CT molecular complexity index is 649. The van der Waals surface area contributed by atoms with Crippen molar-refractivity contribution in [3.05, 3.63) is 33.9 Å². The van der Waals surface area contributed by atoms with E-state index in [1.807, 2.05) is 0 Å². The third-order valence-corrected chi connectivity index (χ3v) is 5.50. The molecule has 0 unspecified atom stereocenters. The number of aliphatic hydroxyl groups is 1. The van der Waals surface area contributed by atoms with E-state index in [-0.39, 0.29) is 12.0 Å². The molecule has 2 aromatic rings. The van der Waals surface area contributed by atoms with Crippen LogP contribution >= 0.6 is 15.9 Å². The number of aromatic nitrogens is 1. The first-order valence-corrected chi connectivity index (χ1v) is 7.95. The molecule has 2 nitrogen and oxygen atoms in total. The molecule has 100 valence electrons. The lowest BCUT2D eigenvalue weighted by atomic mass is 9.65. The highest BCUT2D eigenvalue weighted by molar-refractivity contribution is 9.10. The molecule has 0 spiro atoms. The molecule has 0 amide bonds. The van der Waals surface area contributed by atoms with Crippen LogP contribution in [0.15, 0.2) is 22.8 Å². The Labute approximate surface area is 121 Å². The van der Waals surface area contributed by atoms with Crippen molar-refractivity contribution in [3.8, 4) is 0 Å². The maximum absolute atomic E-state index is 9.86. The number of aryl methyl sites for hydroxylation is 2. The van der Waals surface area contributed by atoms with Crippen molar-refractivity contribution in [1.82, 2.24) is 4.57 Å². The van der Waals surface area contributed by atoms with Crippen molar-refractivity contribution in [2.24, 2.45) is 0 Å². The van der Waals surface area contributed by atoms with E-state index in [1.54, 1.807) is 0 Å². The van der Waals surface area contributed by atoms with Gasteiger partial charge in [-0.25, -0.2) is 0 Å². The van der Waals surface area contributed by atoms with Crippen LogP contribution in [0.2, 0.25) is 0 Å². The molecule has 0 radical (unpaired) electrons. The van der Waals surface area contributed by atoms with E-state index in [0.717, 1.165) is 19.4 Å². The molecule has 1 fully saturated rings. The Hall–Kier alpha value is -0.800. The SMILES string of the molecule is OCC1(c2cn3c4c(cc(Br)cc24)CCC3)CCC1. The second kappa shape index (κ2) is 4.10. The molecule has 1 N–H and O–H groups in total. The number of hydrogen-bond acceptors (Lipinski definition) is 1. The second-order valence-corrected chi connectivity index (χ2v) is 7.01. The molecule has 1 aromatic carbocycles. The van der Waals surface area contributed by atoms with Gasteiger partial charge in [0.2, 0.25) is 0 Å². The largest absolute Gasteiger partial charge is 0.395 e. The Kier molecular flexibility index (Phi) is 2.58. The van der Waals surface area contributed by atoms with Crippen molar-refractivity contribution in [3.63, 3.8) is 0 Å². The summed E-state index contributed by atoms with van der Waals surface area (Å²) in [5, 5.41) is 11.2. The minimum atomic E-state index is 0.0336. The third kappa shape index (κ3) is 1.58. The van der Waals surface area contributed by atoms with E-state index >= 15 is 0 Å². The van der Waals surface area contributed by atoms with E-state index in [0.29, 0.717) is 0 Å². The van der Waals surface area contributed by atoms with Gasteiger partial charge in [0.15, 0.2) is 0 Å². The fraction of sp³-hybridized carbons (Fsp3) is 0.500. The summed E-state index contributed by atoms with van der Waals surface area (Å²) in [7, 11) is 0. The zero-order valence-electron chi connectivity index (χ0n) is 11.0. The average Bonchev–Trinajstić information content (AvgIpc) is 2.70. The predicted molar refractivity (Wildman–Crippen MR) is 80.6 cm³/mol. The van der Waals surface area contributed by atoms with E-state index in [4.69, 9.17) is 0 Å². The molecule has 0 atom stereocenters. The van der Waals surface area contributed by atoms with Gasteiger partial charge < -0.3 is 9.67 Å². The Balaban J connectivity index is 2.03. The van der Waals surface area contributed by atoms with E-state index in [9.17, 15) is 5.11 Å². The van der Waals surface area contributed by atoms with Crippen LogP contribution in [0.4, 0.5) is 0 Å². The summed E-state index contributed by atoms with van der Waals surface area (Å²) < 4.78 is 3.58. The summed E-state index contributed by atoms with van der Waals surface area (Å²) in [5.74, 6) is 0. The summed E-state index contributed by atoms with van der Waals surface area (Å²) in [6, 6.07) is 4.50. The fourth-order valence-corrected chi connectivity index (χ4v) is 4.34. The monoisotopic (exact) mass is 319 g/mol. The van der Waals surface area contributed by atoms with Gasteiger partial charge in [0, 0.05) is 28.0 Å². The molecular formula is C16H18BrNO. The minimum Gasteiger partial charge on any atom is -0.395 e. The van der Waals surface area contributed by atoms with Crippen molar-refractivity contribution in [1.29, 1.82) is 0 Å². The number of rotatable bonds is 2. The Morgan fingerprint density at radius 2 is 2.11 bits per heavy atom. The zero-order valence-corrected chi connectivity index (χ0v) is 12.5. The molecule has 0 saturated heterocycles. The molecule has 1 aromatic heterocycles. The Morgan fingerprint density at radius 3 is 2.79 bits per heavy atom. The highest BCUT2D eigenvalue weighted by Gasteiger charge is 2.40. The van der Waals surface area contributed by atoms with Gasteiger partial charge in [0.25, 0.3) is 0 Å². The van der Waals surface area contributed by atoms with Gasteiger partial charge in [0.05, 0.1) is 12.1 Å². The van der Waals surface area contributed by atoms with Crippen LogP contribution in [0.3, 0.4) is 0 Å². The van der Waals surface area contributed by atoms with Gasteiger partial charge in [-0.2, -0.15) is 0 Å².